The van der Waals surface area contributed by atoms with Gasteiger partial charge in [0, 0.05) is 56.3 Å². The van der Waals surface area contributed by atoms with Gasteiger partial charge in [0.15, 0.2) is 11.6 Å². The fourth-order valence-electron chi connectivity index (χ4n) is 2.94. The Bertz CT molecular complexity index is 792. The molecule has 0 aromatic rings. The Labute approximate surface area is 231 Å². The third-order valence-corrected chi connectivity index (χ3v) is 4.08. The molecule has 2 N–H and O–H groups in total. The van der Waals surface area contributed by atoms with E-state index in [2.05, 4.69) is 6.07 Å². The summed E-state index contributed by atoms with van der Waals surface area (Å²) < 4.78 is 15.4. The molecule has 0 amide bonds. The second-order valence-electron chi connectivity index (χ2n) is 9.05. The fraction of sp³-hybridized carbons (Fsp3) is 0.615. The van der Waals surface area contributed by atoms with Gasteiger partial charge in [-0.25, -0.2) is 0 Å². The number of methoxy groups -OCH3 is 1. The largest absolute Gasteiger partial charge is 0.637 e. The third kappa shape index (κ3) is 31.3. The zero-order chi connectivity index (χ0) is 29.1. The Hall–Kier alpha value is -2.68. The fourth-order valence-corrected chi connectivity index (χ4v) is 2.94. The number of carbonyl (C=O) groups is 4. The smallest absolute Gasteiger partial charge is 0.302 e. The van der Waals surface area contributed by atoms with Crippen LogP contribution in [0, 0.1) is 23.4 Å². The van der Waals surface area contributed by atoms with Gasteiger partial charge in [0.05, 0.1) is 34.7 Å². The number of aliphatic hydroxyl groups is 2. The van der Waals surface area contributed by atoms with Crippen LogP contribution in [-0.4, -0.2) is 52.5 Å². The van der Waals surface area contributed by atoms with Crippen LogP contribution in [0.5, 0.6) is 0 Å². The van der Waals surface area contributed by atoms with E-state index < -0.39 is 29.1 Å². The summed E-state index contributed by atoms with van der Waals surface area (Å²) in [5.41, 5.74) is -1.20. The van der Waals surface area contributed by atoms with E-state index in [0.29, 0.717) is 12.8 Å². The first kappa shape index (κ1) is 41.4. The SMILES string of the molecule is CC(=O)/C=C(/C)O.CC(=O)/C=C(\C)O.COC(C)(C)CC(C)(C#N)CC(C[CH-]OC(C)=O)OC(C)=O.[Co]. The van der Waals surface area contributed by atoms with Crippen molar-refractivity contribution in [3.05, 3.63) is 30.3 Å². The Morgan fingerprint density at radius 3 is 1.59 bits per heavy atom. The van der Waals surface area contributed by atoms with Crippen LogP contribution in [0.25, 0.3) is 0 Å². The van der Waals surface area contributed by atoms with Crippen molar-refractivity contribution in [3.63, 3.8) is 0 Å². The molecule has 0 aliphatic carbocycles. The van der Waals surface area contributed by atoms with E-state index in [1.807, 2.05) is 13.8 Å². The van der Waals surface area contributed by atoms with Crippen molar-refractivity contribution >= 4 is 23.5 Å². The summed E-state index contributed by atoms with van der Waals surface area (Å²) in [4.78, 5) is 42.0. The summed E-state index contributed by atoms with van der Waals surface area (Å²) in [6.45, 7) is 15.2. The normalized spacial score (nSPS) is 13.4. The molecular formula is C26H42CoNO9-. The molecule has 215 valence electrons. The van der Waals surface area contributed by atoms with Gasteiger partial charge < -0.3 is 24.4 Å². The summed E-state index contributed by atoms with van der Waals surface area (Å²) in [6, 6.07) is 2.28. The number of esters is 2. The van der Waals surface area contributed by atoms with Gasteiger partial charge in [0.25, 0.3) is 5.97 Å². The zero-order valence-corrected chi connectivity index (χ0v) is 24.5. The molecule has 0 saturated carbocycles. The van der Waals surface area contributed by atoms with Gasteiger partial charge in [-0.15, -0.1) is 6.42 Å². The van der Waals surface area contributed by atoms with E-state index in [4.69, 9.17) is 24.4 Å². The Kier molecular flexibility index (Phi) is 24.0. The number of carbonyl (C=O) groups excluding carboxylic acids is 4. The number of allylic oxidation sites excluding steroid dienone is 4. The van der Waals surface area contributed by atoms with Crippen molar-refractivity contribution in [2.45, 2.75) is 93.3 Å². The maximum absolute atomic E-state index is 11.2. The van der Waals surface area contributed by atoms with E-state index in [-0.39, 0.29) is 46.3 Å². The Balaban J connectivity index is -0.000000297. The molecule has 0 aromatic heterocycles. The summed E-state index contributed by atoms with van der Waals surface area (Å²) >= 11 is 0. The van der Waals surface area contributed by atoms with Gasteiger partial charge in [0.1, 0.15) is 0 Å². The second-order valence-corrected chi connectivity index (χ2v) is 9.05. The van der Waals surface area contributed by atoms with Crippen LogP contribution in [0.3, 0.4) is 0 Å². The molecule has 1 radical (unpaired) electrons. The van der Waals surface area contributed by atoms with Gasteiger partial charge >= 0.3 is 5.97 Å². The third-order valence-electron chi connectivity index (χ3n) is 4.08. The number of aliphatic hydroxyl groups excluding tert-OH is 2. The maximum atomic E-state index is 11.2. The molecule has 0 aliphatic heterocycles. The number of ether oxygens (including phenoxy) is 3. The van der Waals surface area contributed by atoms with Gasteiger partial charge in [-0.3, -0.25) is 19.2 Å². The molecular weight excluding hydrogens is 529 g/mol. The maximum Gasteiger partial charge on any atom is 0.302 e. The molecule has 0 aromatic carbocycles. The van der Waals surface area contributed by atoms with Crippen LogP contribution < -0.4 is 0 Å². The molecule has 0 spiro atoms. The van der Waals surface area contributed by atoms with Crippen LogP contribution in [0.4, 0.5) is 0 Å². The molecule has 0 saturated heterocycles. The minimum Gasteiger partial charge on any atom is -0.637 e. The number of nitriles is 1. The van der Waals surface area contributed by atoms with Gasteiger partial charge in [-0.1, -0.05) is 0 Å². The first-order chi connectivity index (χ1) is 16.3. The number of hydrogen-bond donors (Lipinski definition) is 2. The van der Waals surface area contributed by atoms with Crippen molar-refractivity contribution in [2.24, 2.45) is 5.41 Å². The predicted octanol–water partition coefficient (Wildman–Crippen LogP) is 4.84. The zero-order valence-electron chi connectivity index (χ0n) is 23.5. The molecule has 0 rings (SSSR count). The molecule has 10 nitrogen and oxygen atoms in total. The molecule has 37 heavy (non-hydrogen) atoms. The first-order valence-corrected chi connectivity index (χ1v) is 11.2. The van der Waals surface area contributed by atoms with Crippen LogP contribution in [0.15, 0.2) is 23.7 Å². The van der Waals surface area contributed by atoms with Crippen LogP contribution in [0.2, 0.25) is 0 Å². The number of nitrogens with zero attached hydrogens (tertiary/aromatic N) is 1. The molecule has 2 atom stereocenters. The van der Waals surface area contributed by atoms with Gasteiger partial charge in [0.2, 0.25) is 0 Å². The van der Waals surface area contributed by atoms with Gasteiger partial charge in [-0.05, 0) is 54.9 Å². The van der Waals surface area contributed by atoms with Crippen molar-refractivity contribution < 1.29 is 60.4 Å². The Morgan fingerprint density at radius 1 is 0.919 bits per heavy atom. The van der Waals surface area contributed by atoms with Gasteiger partial charge in [-0.2, -0.15) is 11.9 Å². The molecule has 11 heteroatoms. The standard InChI is InChI=1S/C16H26NO5.2C5H8O2.Co/c1-12(18)21-8-7-14(22-13(2)19)9-16(5,11-17)10-15(3,4)20-6;2*1-4(6)3-5(2)7;/h8,14H,7,9-10H2,1-6H3;2*3,6H,1-2H3;/q-1;;;/b;4-3+;4-3-;. The molecule has 2 unspecified atom stereocenters. The van der Waals surface area contributed by atoms with E-state index in [1.165, 1.54) is 60.3 Å². The van der Waals surface area contributed by atoms with Crippen LogP contribution >= 0.6 is 0 Å². The van der Waals surface area contributed by atoms with E-state index in [0.717, 1.165) is 0 Å². The topological polar surface area (TPSA) is 160 Å². The van der Waals surface area contributed by atoms with E-state index in [1.54, 1.807) is 14.0 Å². The summed E-state index contributed by atoms with van der Waals surface area (Å²) in [7, 11) is 1.59. The molecule has 0 bridgehead atoms. The van der Waals surface area contributed by atoms with E-state index >= 15 is 0 Å². The molecule has 0 aliphatic rings. The summed E-state index contributed by atoms with van der Waals surface area (Å²) in [5.74, 6) is -1.00. The van der Waals surface area contributed by atoms with Crippen molar-refractivity contribution in [3.8, 4) is 6.07 Å². The van der Waals surface area contributed by atoms with Crippen molar-refractivity contribution in [1.29, 1.82) is 5.26 Å². The molecule has 0 heterocycles. The van der Waals surface area contributed by atoms with Crippen molar-refractivity contribution in [1.82, 2.24) is 0 Å². The monoisotopic (exact) mass is 571 g/mol. The number of hydrogen-bond acceptors (Lipinski definition) is 10. The minimum absolute atomic E-state index is 0. The Morgan fingerprint density at radius 2 is 1.35 bits per heavy atom. The quantitative estimate of drug-likeness (QED) is 0.152. The predicted molar refractivity (Wildman–Crippen MR) is 134 cm³/mol. The first-order valence-electron chi connectivity index (χ1n) is 11.2. The van der Waals surface area contributed by atoms with Crippen molar-refractivity contribution in [2.75, 3.05) is 7.11 Å². The average molecular weight is 572 g/mol. The molecule has 0 fully saturated rings. The number of rotatable bonds is 11. The van der Waals surface area contributed by atoms with Crippen LogP contribution in [0.1, 0.15) is 81.6 Å². The van der Waals surface area contributed by atoms with Crippen LogP contribution in [-0.2, 0) is 50.2 Å². The average Bonchev–Trinajstić information content (AvgIpc) is 2.65. The number of ketones is 2. The summed E-state index contributed by atoms with van der Waals surface area (Å²) in [6.07, 6.45) is 2.85. The minimum atomic E-state index is -0.732. The second kappa shape index (κ2) is 21.4. The van der Waals surface area contributed by atoms with E-state index in [9.17, 15) is 24.4 Å². The summed E-state index contributed by atoms with van der Waals surface area (Å²) in [5, 5.41) is 26.2.